The molecule has 1 aromatic carbocycles. The van der Waals surface area contributed by atoms with Gasteiger partial charge in [-0.1, -0.05) is 51.3 Å². The number of benzene rings is 1. The summed E-state index contributed by atoms with van der Waals surface area (Å²) < 4.78 is 6.95. The Hall–Kier alpha value is -0.220. The molecule has 1 aliphatic rings. The highest BCUT2D eigenvalue weighted by Gasteiger charge is 2.19. The highest BCUT2D eigenvalue weighted by molar-refractivity contribution is 9.09. The molecule has 3 rings (SSSR count). The van der Waals surface area contributed by atoms with Crippen LogP contribution in [0.25, 0.3) is 0 Å². The average Bonchev–Trinajstić information content (AvgIpc) is 2.93. The lowest BCUT2D eigenvalue weighted by molar-refractivity contribution is 0.357. The second-order valence-corrected chi connectivity index (χ2v) is 7.31. The van der Waals surface area contributed by atoms with Crippen molar-refractivity contribution < 1.29 is 4.74 Å². The minimum Gasteiger partial charge on any atom is -0.493 e. The van der Waals surface area contributed by atoms with Crippen LogP contribution in [-0.2, 0) is 6.42 Å². The van der Waals surface area contributed by atoms with E-state index in [2.05, 4.69) is 28.1 Å². The standard InChI is InChI=1S/C13H9BrCl2OS/c14-12(9-6-11(15)18-13(9)16)8-1-2-10-7(5-8)3-4-17-10/h1-2,5-6,12H,3-4H2. The molecule has 1 unspecified atom stereocenters. The smallest absolute Gasteiger partial charge is 0.122 e. The first kappa shape index (κ1) is 12.8. The molecule has 1 nitrogen and oxygen atoms in total. The zero-order valence-corrected chi connectivity index (χ0v) is 13.2. The van der Waals surface area contributed by atoms with Gasteiger partial charge in [-0.25, -0.2) is 0 Å². The summed E-state index contributed by atoms with van der Waals surface area (Å²) in [6.45, 7) is 0.775. The number of halogens is 3. The van der Waals surface area contributed by atoms with Crippen LogP contribution in [0, 0.1) is 0 Å². The molecule has 0 spiro atoms. The van der Waals surface area contributed by atoms with Crippen molar-refractivity contribution in [2.45, 2.75) is 11.2 Å². The van der Waals surface area contributed by atoms with Gasteiger partial charge in [-0.3, -0.25) is 0 Å². The fourth-order valence-corrected chi connectivity index (χ4v) is 4.53. The molecule has 0 fully saturated rings. The first-order chi connectivity index (χ1) is 8.65. The maximum Gasteiger partial charge on any atom is 0.122 e. The van der Waals surface area contributed by atoms with Gasteiger partial charge in [0.15, 0.2) is 0 Å². The minimum atomic E-state index is 0.0691. The number of ether oxygens (including phenoxy) is 1. The van der Waals surface area contributed by atoms with Crippen LogP contribution < -0.4 is 4.74 Å². The van der Waals surface area contributed by atoms with Crippen molar-refractivity contribution >= 4 is 50.5 Å². The van der Waals surface area contributed by atoms with Crippen molar-refractivity contribution in [3.63, 3.8) is 0 Å². The fraction of sp³-hybridized carbons (Fsp3) is 0.231. The summed E-state index contributed by atoms with van der Waals surface area (Å²) >= 11 is 17.3. The molecule has 0 saturated heterocycles. The molecule has 0 N–H and O–H groups in total. The van der Waals surface area contributed by atoms with E-state index >= 15 is 0 Å². The summed E-state index contributed by atoms with van der Waals surface area (Å²) in [7, 11) is 0. The second-order valence-electron chi connectivity index (χ2n) is 4.11. The normalized spacial score (nSPS) is 15.3. The second kappa shape index (κ2) is 5.04. The van der Waals surface area contributed by atoms with E-state index in [1.54, 1.807) is 0 Å². The Morgan fingerprint density at radius 2 is 2.11 bits per heavy atom. The molecular weight excluding hydrogens is 355 g/mol. The van der Waals surface area contributed by atoms with Crippen molar-refractivity contribution in [1.82, 2.24) is 0 Å². The lowest BCUT2D eigenvalue weighted by Crippen LogP contribution is -1.92. The molecule has 2 aromatic rings. The Bertz CT molecular complexity index is 597. The number of alkyl halides is 1. The van der Waals surface area contributed by atoms with E-state index in [-0.39, 0.29) is 4.83 Å². The predicted octanol–water partition coefficient (Wildman–Crippen LogP) is 5.47. The van der Waals surface area contributed by atoms with E-state index in [0.29, 0.717) is 4.34 Å². The van der Waals surface area contributed by atoms with E-state index in [1.165, 1.54) is 22.5 Å². The SMILES string of the molecule is Clc1cc(C(Br)c2ccc3c(c2)CCO3)c(Cl)s1. The molecular formula is C13H9BrCl2OS. The lowest BCUT2D eigenvalue weighted by atomic mass is 10.0. The van der Waals surface area contributed by atoms with Crippen LogP contribution in [0.1, 0.15) is 21.5 Å². The third kappa shape index (κ3) is 2.29. The molecule has 1 aromatic heterocycles. The number of rotatable bonds is 2. The van der Waals surface area contributed by atoms with Crippen molar-refractivity contribution in [2.75, 3.05) is 6.61 Å². The van der Waals surface area contributed by atoms with Crippen LogP contribution in [0.2, 0.25) is 8.67 Å². The Balaban J connectivity index is 1.97. The minimum absolute atomic E-state index is 0.0691. The van der Waals surface area contributed by atoms with E-state index in [4.69, 9.17) is 27.9 Å². The monoisotopic (exact) mass is 362 g/mol. The molecule has 0 aliphatic carbocycles. The van der Waals surface area contributed by atoms with Crippen molar-refractivity contribution in [1.29, 1.82) is 0 Å². The van der Waals surface area contributed by atoms with Gasteiger partial charge in [-0.05, 0) is 23.3 Å². The Morgan fingerprint density at radius 1 is 1.28 bits per heavy atom. The molecule has 94 valence electrons. The van der Waals surface area contributed by atoms with Gasteiger partial charge in [0.2, 0.25) is 0 Å². The van der Waals surface area contributed by atoms with Gasteiger partial charge in [0, 0.05) is 12.0 Å². The van der Waals surface area contributed by atoms with Gasteiger partial charge in [-0.15, -0.1) is 11.3 Å². The van der Waals surface area contributed by atoms with Crippen molar-refractivity contribution in [2.24, 2.45) is 0 Å². The van der Waals surface area contributed by atoms with E-state index in [9.17, 15) is 0 Å². The molecule has 0 radical (unpaired) electrons. The summed E-state index contributed by atoms with van der Waals surface area (Å²) in [5.41, 5.74) is 3.45. The Kier molecular flexibility index (Phi) is 3.59. The van der Waals surface area contributed by atoms with Gasteiger partial charge in [0.05, 0.1) is 20.1 Å². The number of hydrogen-bond donors (Lipinski definition) is 0. The number of hydrogen-bond acceptors (Lipinski definition) is 2. The zero-order chi connectivity index (χ0) is 12.7. The van der Waals surface area contributed by atoms with Crippen LogP contribution >= 0.6 is 50.5 Å². The molecule has 0 saturated carbocycles. The first-order valence-corrected chi connectivity index (χ1v) is 7.98. The lowest BCUT2D eigenvalue weighted by Gasteiger charge is -2.10. The van der Waals surface area contributed by atoms with Gasteiger partial charge >= 0.3 is 0 Å². The molecule has 5 heteroatoms. The molecule has 1 atom stereocenters. The van der Waals surface area contributed by atoms with Crippen LogP contribution in [0.4, 0.5) is 0 Å². The maximum absolute atomic E-state index is 6.19. The summed E-state index contributed by atoms with van der Waals surface area (Å²) in [6.07, 6.45) is 0.973. The van der Waals surface area contributed by atoms with Crippen molar-refractivity contribution in [3.8, 4) is 5.75 Å². The third-order valence-corrected chi connectivity index (χ3v) is 5.50. The highest BCUT2D eigenvalue weighted by Crippen LogP contribution is 2.42. The fourth-order valence-electron chi connectivity index (χ4n) is 2.07. The average molecular weight is 364 g/mol. The molecule has 0 bridgehead atoms. The predicted molar refractivity (Wildman–Crippen MR) is 80.8 cm³/mol. The summed E-state index contributed by atoms with van der Waals surface area (Å²) in [5, 5.41) is 0. The van der Waals surface area contributed by atoms with Crippen LogP contribution in [0.5, 0.6) is 5.75 Å². The van der Waals surface area contributed by atoms with E-state index in [0.717, 1.165) is 28.7 Å². The summed E-state index contributed by atoms with van der Waals surface area (Å²) in [4.78, 5) is 0.0691. The number of thiophene rings is 1. The van der Waals surface area contributed by atoms with E-state index in [1.807, 2.05) is 12.1 Å². The summed E-state index contributed by atoms with van der Waals surface area (Å²) in [6, 6.07) is 8.17. The van der Waals surface area contributed by atoms with Crippen LogP contribution in [0.3, 0.4) is 0 Å². The van der Waals surface area contributed by atoms with Gasteiger partial charge in [0.1, 0.15) is 5.75 Å². The third-order valence-electron chi connectivity index (χ3n) is 2.96. The molecule has 1 aliphatic heterocycles. The zero-order valence-electron chi connectivity index (χ0n) is 9.25. The Labute approximate surface area is 128 Å². The van der Waals surface area contributed by atoms with E-state index < -0.39 is 0 Å². The summed E-state index contributed by atoms with van der Waals surface area (Å²) in [5.74, 6) is 0.993. The van der Waals surface area contributed by atoms with Crippen LogP contribution in [-0.4, -0.2) is 6.61 Å². The topological polar surface area (TPSA) is 9.23 Å². The maximum atomic E-state index is 6.19. The van der Waals surface area contributed by atoms with Gasteiger partial charge in [-0.2, -0.15) is 0 Å². The van der Waals surface area contributed by atoms with Crippen molar-refractivity contribution in [3.05, 3.63) is 49.6 Å². The van der Waals surface area contributed by atoms with Crippen LogP contribution in [0.15, 0.2) is 24.3 Å². The molecule has 18 heavy (non-hydrogen) atoms. The molecule has 0 amide bonds. The van der Waals surface area contributed by atoms with Gasteiger partial charge in [0.25, 0.3) is 0 Å². The largest absolute Gasteiger partial charge is 0.493 e. The highest BCUT2D eigenvalue weighted by atomic mass is 79.9. The first-order valence-electron chi connectivity index (χ1n) is 5.49. The Morgan fingerprint density at radius 3 is 2.83 bits per heavy atom. The van der Waals surface area contributed by atoms with Gasteiger partial charge < -0.3 is 4.74 Å². The quantitative estimate of drug-likeness (QED) is 0.642. The number of fused-ring (bicyclic) bond motifs is 1. The molecule has 2 heterocycles.